The summed E-state index contributed by atoms with van der Waals surface area (Å²) in [6, 6.07) is 2.84. The minimum absolute atomic E-state index is 0.390. The molecule has 0 aliphatic heterocycles. The van der Waals surface area contributed by atoms with Crippen LogP contribution in [0.3, 0.4) is 0 Å². The molecule has 18 heavy (non-hydrogen) atoms. The molecule has 0 spiro atoms. The summed E-state index contributed by atoms with van der Waals surface area (Å²) in [5.41, 5.74) is -0.483. The lowest BCUT2D eigenvalue weighted by Crippen LogP contribution is -2.23. The van der Waals surface area contributed by atoms with Crippen molar-refractivity contribution in [1.29, 1.82) is 5.26 Å². The normalized spacial score (nSPS) is 26.4. The van der Waals surface area contributed by atoms with Gasteiger partial charge in [-0.1, -0.05) is 38.5 Å². The van der Waals surface area contributed by atoms with Crippen molar-refractivity contribution in [1.82, 2.24) is 0 Å². The second-order valence-corrected chi connectivity index (χ2v) is 5.92. The Bertz CT molecular complexity index is 300. The van der Waals surface area contributed by atoms with Crippen molar-refractivity contribution in [2.45, 2.75) is 88.6 Å². The Hall–Kier alpha value is -0.910. The van der Waals surface area contributed by atoms with Crippen LogP contribution in [0.2, 0.25) is 0 Å². The van der Waals surface area contributed by atoms with Crippen LogP contribution in [0, 0.1) is 11.3 Å². The van der Waals surface area contributed by atoms with Gasteiger partial charge in [0.05, 0.1) is 12.1 Å². The molecule has 0 amide bonds. The molecule has 0 unspecified atom stereocenters. The molecule has 2 rings (SSSR count). The van der Waals surface area contributed by atoms with Gasteiger partial charge in [-0.2, -0.15) is 15.5 Å². The average molecular weight is 247 g/mol. The van der Waals surface area contributed by atoms with Crippen molar-refractivity contribution in [3.63, 3.8) is 0 Å². The molecule has 3 heteroatoms. The molecule has 0 aromatic heterocycles. The third-order valence-electron chi connectivity index (χ3n) is 4.38. The minimum atomic E-state index is -0.483. The first-order valence-electron chi connectivity index (χ1n) is 7.68. The standard InChI is InChI=1S/C15H25N3/c16-13-15(11-7-3-4-8-12-15)18-17-14-9-5-1-2-6-10-14/h14H,1-12H2. The van der Waals surface area contributed by atoms with E-state index < -0.39 is 5.54 Å². The van der Waals surface area contributed by atoms with Gasteiger partial charge in [-0.15, -0.1) is 0 Å². The predicted octanol–water partition coefficient (Wildman–Crippen LogP) is 4.78. The molecule has 100 valence electrons. The zero-order chi connectivity index (χ0) is 12.7. The fourth-order valence-electron chi connectivity index (χ4n) is 3.11. The topological polar surface area (TPSA) is 48.5 Å². The highest BCUT2D eigenvalue weighted by Gasteiger charge is 2.31. The average Bonchev–Trinajstić information content (AvgIpc) is 2.80. The van der Waals surface area contributed by atoms with Crippen molar-refractivity contribution >= 4 is 0 Å². The van der Waals surface area contributed by atoms with Gasteiger partial charge in [0, 0.05) is 0 Å². The molecule has 0 aromatic carbocycles. The summed E-state index contributed by atoms with van der Waals surface area (Å²) in [5.74, 6) is 0. The third-order valence-corrected chi connectivity index (χ3v) is 4.38. The van der Waals surface area contributed by atoms with E-state index in [9.17, 15) is 5.26 Å². The zero-order valence-electron chi connectivity index (χ0n) is 11.4. The van der Waals surface area contributed by atoms with Crippen molar-refractivity contribution in [3.05, 3.63) is 0 Å². The van der Waals surface area contributed by atoms with Crippen molar-refractivity contribution in [2.75, 3.05) is 0 Å². The van der Waals surface area contributed by atoms with E-state index in [4.69, 9.17) is 0 Å². The van der Waals surface area contributed by atoms with Crippen LogP contribution in [0.1, 0.15) is 77.0 Å². The Morgan fingerprint density at radius 2 is 1.39 bits per heavy atom. The Morgan fingerprint density at radius 3 is 1.94 bits per heavy atom. The Balaban J connectivity index is 1.97. The largest absolute Gasteiger partial charge is 0.196 e. The van der Waals surface area contributed by atoms with Crippen molar-refractivity contribution < 1.29 is 0 Å². The molecule has 0 saturated heterocycles. The smallest absolute Gasteiger partial charge is 0.167 e. The number of hydrogen-bond acceptors (Lipinski definition) is 3. The summed E-state index contributed by atoms with van der Waals surface area (Å²) in [6.07, 6.45) is 14.2. The van der Waals surface area contributed by atoms with E-state index in [-0.39, 0.29) is 0 Å². The molecule has 0 radical (unpaired) electrons. The van der Waals surface area contributed by atoms with Crippen LogP contribution in [0.25, 0.3) is 0 Å². The zero-order valence-corrected chi connectivity index (χ0v) is 11.4. The van der Waals surface area contributed by atoms with Crippen LogP contribution in [0.5, 0.6) is 0 Å². The molecular formula is C15H25N3. The van der Waals surface area contributed by atoms with E-state index in [0.29, 0.717) is 6.04 Å². The summed E-state index contributed by atoms with van der Waals surface area (Å²) < 4.78 is 0. The third kappa shape index (κ3) is 3.80. The number of nitriles is 1. The molecule has 0 bridgehead atoms. The maximum absolute atomic E-state index is 9.45. The molecule has 3 nitrogen and oxygen atoms in total. The van der Waals surface area contributed by atoms with E-state index in [1.54, 1.807) is 0 Å². The number of rotatable bonds is 2. The van der Waals surface area contributed by atoms with Gasteiger partial charge in [0.1, 0.15) is 0 Å². The number of nitrogens with zero attached hydrogens (tertiary/aromatic N) is 3. The highest BCUT2D eigenvalue weighted by atomic mass is 15.2. The Morgan fingerprint density at radius 1 is 0.833 bits per heavy atom. The molecular weight excluding hydrogens is 222 g/mol. The van der Waals surface area contributed by atoms with Gasteiger partial charge >= 0.3 is 0 Å². The van der Waals surface area contributed by atoms with Crippen LogP contribution in [0.15, 0.2) is 10.2 Å². The maximum atomic E-state index is 9.45. The van der Waals surface area contributed by atoms with Gasteiger partial charge in [0.2, 0.25) is 0 Å². The quantitative estimate of drug-likeness (QED) is 0.511. The highest BCUT2D eigenvalue weighted by molar-refractivity contribution is 5.07. The molecule has 2 aliphatic rings. The van der Waals surface area contributed by atoms with Crippen molar-refractivity contribution in [2.24, 2.45) is 10.2 Å². The van der Waals surface area contributed by atoms with Crippen LogP contribution in [-0.2, 0) is 0 Å². The van der Waals surface area contributed by atoms with E-state index in [2.05, 4.69) is 16.3 Å². The lowest BCUT2D eigenvalue weighted by atomic mass is 9.93. The fraction of sp³-hybridized carbons (Fsp3) is 0.933. The predicted molar refractivity (Wildman–Crippen MR) is 72.4 cm³/mol. The number of azo groups is 1. The lowest BCUT2D eigenvalue weighted by molar-refractivity contribution is 0.426. The highest BCUT2D eigenvalue weighted by Crippen LogP contribution is 2.31. The first-order chi connectivity index (χ1) is 8.85. The minimum Gasteiger partial charge on any atom is -0.196 e. The van der Waals surface area contributed by atoms with Crippen LogP contribution >= 0.6 is 0 Å². The van der Waals surface area contributed by atoms with Crippen LogP contribution in [0.4, 0.5) is 0 Å². The second kappa shape index (κ2) is 6.87. The first-order valence-corrected chi connectivity index (χ1v) is 7.68. The molecule has 0 N–H and O–H groups in total. The lowest BCUT2D eigenvalue weighted by Gasteiger charge is -2.19. The van der Waals surface area contributed by atoms with Gasteiger partial charge in [0.25, 0.3) is 0 Å². The molecule has 0 aromatic rings. The van der Waals surface area contributed by atoms with E-state index in [0.717, 1.165) is 25.7 Å². The van der Waals surface area contributed by atoms with Gasteiger partial charge in [-0.3, -0.25) is 0 Å². The molecule has 2 fully saturated rings. The van der Waals surface area contributed by atoms with Gasteiger partial charge < -0.3 is 0 Å². The van der Waals surface area contributed by atoms with Gasteiger partial charge in [-0.25, -0.2) is 0 Å². The summed E-state index contributed by atoms with van der Waals surface area (Å²) in [6.45, 7) is 0. The summed E-state index contributed by atoms with van der Waals surface area (Å²) >= 11 is 0. The molecule has 0 atom stereocenters. The van der Waals surface area contributed by atoms with Gasteiger partial charge in [0.15, 0.2) is 5.54 Å². The monoisotopic (exact) mass is 247 g/mol. The summed E-state index contributed by atoms with van der Waals surface area (Å²) in [4.78, 5) is 0. The SMILES string of the molecule is N#CC1(N=NC2CCCCCC2)CCCCCC1. The van der Waals surface area contributed by atoms with Gasteiger partial charge in [-0.05, 0) is 38.5 Å². The maximum Gasteiger partial charge on any atom is 0.167 e. The van der Waals surface area contributed by atoms with Crippen LogP contribution < -0.4 is 0 Å². The van der Waals surface area contributed by atoms with E-state index in [1.165, 1.54) is 51.4 Å². The first kappa shape index (κ1) is 13.5. The van der Waals surface area contributed by atoms with E-state index >= 15 is 0 Å². The van der Waals surface area contributed by atoms with Crippen LogP contribution in [-0.4, -0.2) is 11.6 Å². The molecule has 2 aliphatic carbocycles. The Kier molecular flexibility index (Phi) is 5.16. The fourth-order valence-corrected chi connectivity index (χ4v) is 3.11. The second-order valence-electron chi connectivity index (χ2n) is 5.92. The summed E-state index contributed by atoms with van der Waals surface area (Å²) in [5, 5.41) is 18.5. The van der Waals surface area contributed by atoms with Crippen molar-refractivity contribution in [3.8, 4) is 6.07 Å². The Labute approximate surface area is 111 Å². The van der Waals surface area contributed by atoms with E-state index in [1.807, 2.05) is 0 Å². The molecule has 2 saturated carbocycles. The summed E-state index contributed by atoms with van der Waals surface area (Å²) in [7, 11) is 0. The number of hydrogen-bond donors (Lipinski definition) is 0. The molecule has 0 heterocycles.